The maximum atomic E-state index is 12.0. The third-order valence-corrected chi connectivity index (χ3v) is 1.54. The highest BCUT2D eigenvalue weighted by Gasteiger charge is 2.19. The van der Waals surface area contributed by atoms with Crippen LogP contribution >= 0.6 is 0 Å². The molecule has 0 aromatic carbocycles. The molecule has 2 heterocycles. The van der Waals surface area contributed by atoms with Gasteiger partial charge in [0.25, 0.3) is 6.43 Å². The van der Waals surface area contributed by atoms with Crippen LogP contribution in [0.25, 0.3) is 0 Å². The number of nitrogens with zero attached hydrogens (tertiary/aromatic N) is 2. The largest absolute Gasteiger partial charge is 0.476 e. The van der Waals surface area contributed by atoms with Crippen LogP contribution in [-0.2, 0) is 6.54 Å². The monoisotopic (exact) mass is 160 g/mol. The van der Waals surface area contributed by atoms with E-state index in [1.807, 2.05) is 0 Å². The second-order valence-electron chi connectivity index (χ2n) is 2.28. The summed E-state index contributed by atoms with van der Waals surface area (Å²) in [4.78, 5) is 0. The van der Waals surface area contributed by atoms with Crippen LogP contribution in [0.4, 0.5) is 8.78 Å². The van der Waals surface area contributed by atoms with Gasteiger partial charge in [0.15, 0.2) is 0 Å². The van der Waals surface area contributed by atoms with Crippen molar-refractivity contribution in [1.82, 2.24) is 9.78 Å². The first-order chi connectivity index (χ1) is 5.27. The first-order valence-corrected chi connectivity index (χ1v) is 3.26. The van der Waals surface area contributed by atoms with Crippen LogP contribution < -0.4 is 4.74 Å². The van der Waals surface area contributed by atoms with Gasteiger partial charge in [-0.1, -0.05) is 0 Å². The zero-order valence-electron chi connectivity index (χ0n) is 5.63. The first kappa shape index (κ1) is 6.57. The van der Waals surface area contributed by atoms with Crippen molar-refractivity contribution in [2.75, 3.05) is 6.61 Å². The summed E-state index contributed by atoms with van der Waals surface area (Å²) in [5.74, 6) is 0.445. The lowest BCUT2D eigenvalue weighted by Crippen LogP contribution is -1.97. The highest BCUT2D eigenvalue weighted by Crippen LogP contribution is 2.24. The quantitative estimate of drug-likeness (QED) is 0.617. The van der Waals surface area contributed by atoms with E-state index in [0.717, 1.165) is 0 Å². The Labute approximate surface area is 61.6 Å². The summed E-state index contributed by atoms with van der Waals surface area (Å²) in [6.07, 6.45) is -2.50. The van der Waals surface area contributed by atoms with E-state index in [9.17, 15) is 8.78 Å². The lowest BCUT2D eigenvalue weighted by atomic mass is 10.4. The van der Waals surface area contributed by atoms with Gasteiger partial charge in [0.2, 0.25) is 5.88 Å². The summed E-state index contributed by atoms with van der Waals surface area (Å²) >= 11 is 0. The van der Waals surface area contributed by atoms with Gasteiger partial charge >= 0.3 is 0 Å². The van der Waals surface area contributed by atoms with Gasteiger partial charge in [-0.25, -0.2) is 13.5 Å². The fraction of sp³-hybridized carbons (Fsp3) is 0.500. The molecule has 0 atom stereocenters. The first-order valence-electron chi connectivity index (χ1n) is 3.26. The Balaban J connectivity index is 2.34. The van der Waals surface area contributed by atoms with Gasteiger partial charge in [0, 0.05) is 6.07 Å². The molecule has 0 fully saturated rings. The lowest BCUT2D eigenvalue weighted by Gasteiger charge is -1.90. The molecule has 5 heteroatoms. The molecule has 0 radical (unpaired) electrons. The van der Waals surface area contributed by atoms with Crippen LogP contribution in [0, 0.1) is 0 Å². The van der Waals surface area contributed by atoms with Crippen molar-refractivity contribution >= 4 is 0 Å². The molecule has 3 nitrogen and oxygen atoms in total. The van der Waals surface area contributed by atoms with Gasteiger partial charge in [-0.05, 0) is 0 Å². The van der Waals surface area contributed by atoms with Crippen LogP contribution in [0.3, 0.4) is 0 Å². The van der Waals surface area contributed by atoms with E-state index in [-0.39, 0.29) is 5.69 Å². The van der Waals surface area contributed by atoms with Crippen molar-refractivity contribution < 1.29 is 13.5 Å². The summed E-state index contributed by atoms with van der Waals surface area (Å²) in [6.45, 7) is 1.11. The van der Waals surface area contributed by atoms with E-state index in [4.69, 9.17) is 4.74 Å². The Kier molecular flexibility index (Phi) is 1.30. The van der Waals surface area contributed by atoms with Gasteiger partial charge in [-0.3, -0.25) is 0 Å². The van der Waals surface area contributed by atoms with Crippen LogP contribution in [-0.4, -0.2) is 16.4 Å². The Morgan fingerprint density at radius 2 is 2.45 bits per heavy atom. The molecule has 0 unspecified atom stereocenters. The van der Waals surface area contributed by atoms with Crippen LogP contribution in [0.1, 0.15) is 12.1 Å². The smallest absolute Gasteiger partial charge is 0.282 e. The standard InChI is InChI=1S/C6H6F2N2O/c7-6(8)4-3-5-10(9-4)1-2-11-5/h3,6H,1-2H2. The Bertz CT molecular complexity index is 250. The highest BCUT2D eigenvalue weighted by molar-refractivity contribution is 5.18. The minimum absolute atomic E-state index is 0.209. The molecule has 1 aliphatic rings. The van der Waals surface area contributed by atoms with Gasteiger partial charge in [-0.2, -0.15) is 5.10 Å². The van der Waals surface area contributed by atoms with E-state index < -0.39 is 6.43 Å². The molecule has 1 aliphatic heterocycles. The van der Waals surface area contributed by atoms with Gasteiger partial charge in [-0.15, -0.1) is 0 Å². The van der Waals surface area contributed by atoms with Crippen molar-refractivity contribution in [3.8, 4) is 5.88 Å². The highest BCUT2D eigenvalue weighted by atomic mass is 19.3. The average molecular weight is 160 g/mol. The summed E-state index contributed by atoms with van der Waals surface area (Å²) < 4.78 is 30.4. The molecule has 1 aromatic rings. The van der Waals surface area contributed by atoms with E-state index in [2.05, 4.69) is 5.10 Å². The van der Waals surface area contributed by atoms with Crippen molar-refractivity contribution in [3.63, 3.8) is 0 Å². The molecule has 0 N–H and O–H groups in total. The zero-order valence-corrected chi connectivity index (χ0v) is 5.63. The zero-order chi connectivity index (χ0) is 7.84. The Morgan fingerprint density at radius 1 is 1.64 bits per heavy atom. The number of hydrogen-bond acceptors (Lipinski definition) is 2. The molecule has 11 heavy (non-hydrogen) atoms. The third-order valence-electron chi connectivity index (χ3n) is 1.54. The molecule has 2 rings (SSSR count). The summed E-state index contributed by atoms with van der Waals surface area (Å²) in [5, 5.41) is 3.63. The number of fused-ring (bicyclic) bond motifs is 1. The number of hydrogen-bond donors (Lipinski definition) is 0. The Hall–Kier alpha value is -1.13. The third kappa shape index (κ3) is 0.961. The van der Waals surface area contributed by atoms with E-state index in [1.54, 1.807) is 0 Å². The summed E-state index contributed by atoms with van der Waals surface area (Å²) in [7, 11) is 0. The van der Waals surface area contributed by atoms with Crippen molar-refractivity contribution in [2.24, 2.45) is 0 Å². The molecule has 0 saturated carbocycles. The second kappa shape index (κ2) is 2.18. The number of aromatic nitrogens is 2. The van der Waals surface area contributed by atoms with Crippen LogP contribution in [0.5, 0.6) is 5.88 Å². The SMILES string of the molecule is FC(F)c1cc2n(n1)CCO2. The topological polar surface area (TPSA) is 27.1 Å². The normalized spacial score (nSPS) is 15.2. The molecule has 0 bridgehead atoms. The lowest BCUT2D eigenvalue weighted by molar-refractivity contribution is 0.144. The molecular weight excluding hydrogens is 154 g/mol. The van der Waals surface area contributed by atoms with E-state index in [0.29, 0.717) is 19.0 Å². The number of halogens is 2. The fourth-order valence-corrected chi connectivity index (χ4v) is 1.04. The maximum absolute atomic E-state index is 12.0. The van der Waals surface area contributed by atoms with Crippen molar-refractivity contribution in [2.45, 2.75) is 13.0 Å². The predicted molar refractivity (Wildman–Crippen MR) is 32.7 cm³/mol. The molecule has 0 amide bonds. The summed E-state index contributed by atoms with van der Waals surface area (Å²) in [5.41, 5.74) is -0.209. The minimum atomic E-state index is -2.50. The number of ether oxygens (including phenoxy) is 1. The average Bonchev–Trinajstić information content (AvgIpc) is 2.40. The molecule has 60 valence electrons. The number of alkyl halides is 2. The molecular formula is C6H6F2N2O. The minimum Gasteiger partial charge on any atom is -0.476 e. The summed E-state index contributed by atoms with van der Waals surface area (Å²) in [6, 6.07) is 1.28. The van der Waals surface area contributed by atoms with E-state index >= 15 is 0 Å². The Morgan fingerprint density at radius 3 is 3.09 bits per heavy atom. The van der Waals surface area contributed by atoms with Crippen molar-refractivity contribution in [1.29, 1.82) is 0 Å². The molecule has 0 spiro atoms. The predicted octanol–water partition coefficient (Wildman–Crippen LogP) is 1.21. The number of rotatable bonds is 1. The van der Waals surface area contributed by atoms with Gasteiger partial charge in [0.05, 0.1) is 6.54 Å². The van der Waals surface area contributed by atoms with Gasteiger partial charge in [0.1, 0.15) is 12.3 Å². The molecule has 1 aromatic heterocycles. The van der Waals surface area contributed by atoms with Crippen LogP contribution in [0.15, 0.2) is 6.07 Å². The maximum Gasteiger partial charge on any atom is 0.282 e. The second-order valence-corrected chi connectivity index (χ2v) is 2.28. The molecule has 0 aliphatic carbocycles. The fourth-order valence-electron chi connectivity index (χ4n) is 1.04. The molecule has 0 saturated heterocycles. The van der Waals surface area contributed by atoms with Crippen molar-refractivity contribution in [3.05, 3.63) is 11.8 Å². The van der Waals surface area contributed by atoms with E-state index in [1.165, 1.54) is 10.7 Å². The van der Waals surface area contributed by atoms with Crippen LogP contribution in [0.2, 0.25) is 0 Å². The van der Waals surface area contributed by atoms with Gasteiger partial charge < -0.3 is 4.74 Å².